The second kappa shape index (κ2) is 7.10. The van der Waals surface area contributed by atoms with Crippen molar-refractivity contribution >= 4 is 27.6 Å². The summed E-state index contributed by atoms with van der Waals surface area (Å²) in [5, 5.41) is 15.3. The van der Waals surface area contributed by atoms with Crippen LogP contribution in [0.5, 0.6) is 5.75 Å². The summed E-state index contributed by atoms with van der Waals surface area (Å²) in [7, 11) is 0. The highest BCUT2D eigenvalue weighted by Gasteiger charge is 2.08. The molecule has 4 heteroatoms. The lowest BCUT2D eigenvalue weighted by Gasteiger charge is -2.14. The molecule has 0 aliphatic carbocycles. The van der Waals surface area contributed by atoms with Crippen molar-refractivity contribution in [2.75, 3.05) is 18.5 Å². The summed E-state index contributed by atoms with van der Waals surface area (Å²) in [6, 6.07) is 21.7. The number of aliphatic hydroxyl groups excluding tert-OH is 1. The molecular weight excluding hydrogens is 326 g/mol. The number of furan rings is 1. The fourth-order valence-corrected chi connectivity index (χ4v) is 3.17. The summed E-state index contributed by atoms with van der Waals surface area (Å²) in [5.74, 6) is 0.780. The minimum Gasteiger partial charge on any atom is -0.492 e. The van der Waals surface area contributed by atoms with Crippen LogP contribution in [-0.2, 0) is 0 Å². The van der Waals surface area contributed by atoms with E-state index >= 15 is 0 Å². The van der Waals surface area contributed by atoms with Crippen molar-refractivity contribution in [3.63, 3.8) is 0 Å². The lowest BCUT2D eigenvalue weighted by Crippen LogP contribution is -2.13. The molecule has 26 heavy (non-hydrogen) atoms. The van der Waals surface area contributed by atoms with Crippen LogP contribution in [0.4, 0.5) is 5.69 Å². The van der Waals surface area contributed by atoms with Crippen molar-refractivity contribution in [1.82, 2.24) is 0 Å². The lowest BCUT2D eigenvalue weighted by molar-refractivity contribution is 0.200. The fourth-order valence-electron chi connectivity index (χ4n) is 3.17. The van der Waals surface area contributed by atoms with Gasteiger partial charge in [0.25, 0.3) is 0 Å². The maximum Gasteiger partial charge on any atom is 0.139 e. The van der Waals surface area contributed by atoms with Crippen LogP contribution in [0.1, 0.15) is 18.6 Å². The smallest absolute Gasteiger partial charge is 0.139 e. The van der Waals surface area contributed by atoms with Crippen LogP contribution in [0.2, 0.25) is 0 Å². The Morgan fingerprint density at radius 1 is 0.962 bits per heavy atom. The van der Waals surface area contributed by atoms with Gasteiger partial charge in [-0.3, -0.25) is 0 Å². The number of rotatable bonds is 6. The second-order valence-electron chi connectivity index (χ2n) is 6.29. The third-order valence-corrected chi connectivity index (χ3v) is 4.45. The average Bonchev–Trinajstić information content (AvgIpc) is 3.03. The Kier molecular flexibility index (Phi) is 4.50. The normalized spacial score (nSPS) is 12.4. The first-order chi connectivity index (χ1) is 12.7. The van der Waals surface area contributed by atoms with E-state index in [1.807, 2.05) is 60.7 Å². The summed E-state index contributed by atoms with van der Waals surface area (Å²) in [6.07, 6.45) is -0.505. The van der Waals surface area contributed by atoms with Gasteiger partial charge >= 0.3 is 0 Å². The SMILES string of the molecule is CC(O)c1ccccc1NCCOc1ccc2c(c1)oc1ccccc12. The highest BCUT2D eigenvalue weighted by atomic mass is 16.5. The third-order valence-electron chi connectivity index (χ3n) is 4.45. The first kappa shape index (κ1) is 16.5. The first-order valence-corrected chi connectivity index (χ1v) is 8.77. The quantitative estimate of drug-likeness (QED) is 0.475. The molecule has 1 heterocycles. The number of hydrogen-bond acceptors (Lipinski definition) is 4. The van der Waals surface area contributed by atoms with Gasteiger partial charge in [0.05, 0.1) is 6.10 Å². The van der Waals surface area contributed by atoms with Gasteiger partial charge < -0.3 is 19.6 Å². The summed E-state index contributed by atoms with van der Waals surface area (Å²) in [5.41, 5.74) is 3.53. The van der Waals surface area contributed by atoms with E-state index in [4.69, 9.17) is 9.15 Å². The molecule has 4 aromatic rings. The van der Waals surface area contributed by atoms with Gasteiger partial charge in [0.1, 0.15) is 23.5 Å². The number of para-hydroxylation sites is 2. The van der Waals surface area contributed by atoms with Gasteiger partial charge in [-0.05, 0) is 31.2 Å². The van der Waals surface area contributed by atoms with E-state index in [2.05, 4.69) is 11.4 Å². The molecule has 0 amide bonds. The number of fused-ring (bicyclic) bond motifs is 3. The summed E-state index contributed by atoms with van der Waals surface area (Å²) >= 11 is 0. The highest BCUT2D eigenvalue weighted by molar-refractivity contribution is 6.05. The van der Waals surface area contributed by atoms with Crippen molar-refractivity contribution < 1.29 is 14.3 Å². The Morgan fingerprint density at radius 2 is 1.73 bits per heavy atom. The zero-order chi connectivity index (χ0) is 17.9. The van der Waals surface area contributed by atoms with Crippen molar-refractivity contribution in [3.8, 4) is 5.75 Å². The van der Waals surface area contributed by atoms with Crippen LogP contribution in [0.3, 0.4) is 0 Å². The molecule has 0 bridgehead atoms. The van der Waals surface area contributed by atoms with Crippen LogP contribution < -0.4 is 10.1 Å². The van der Waals surface area contributed by atoms with Gasteiger partial charge in [0.15, 0.2) is 0 Å². The van der Waals surface area contributed by atoms with E-state index in [1.54, 1.807) is 6.92 Å². The maximum absolute atomic E-state index is 9.82. The van der Waals surface area contributed by atoms with E-state index < -0.39 is 6.10 Å². The van der Waals surface area contributed by atoms with Crippen molar-refractivity contribution in [2.45, 2.75) is 13.0 Å². The summed E-state index contributed by atoms with van der Waals surface area (Å²) in [6.45, 7) is 2.92. The van der Waals surface area contributed by atoms with E-state index in [0.717, 1.165) is 38.9 Å². The van der Waals surface area contributed by atoms with Crippen LogP contribution in [-0.4, -0.2) is 18.3 Å². The first-order valence-electron chi connectivity index (χ1n) is 8.77. The Morgan fingerprint density at radius 3 is 2.62 bits per heavy atom. The number of ether oxygens (including phenoxy) is 1. The molecule has 2 N–H and O–H groups in total. The predicted molar refractivity (Wildman–Crippen MR) is 105 cm³/mol. The molecule has 3 aromatic carbocycles. The minimum atomic E-state index is -0.505. The van der Waals surface area contributed by atoms with E-state index in [1.165, 1.54) is 0 Å². The molecule has 0 aliphatic rings. The zero-order valence-electron chi connectivity index (χ0n) is 14.6. The van der Waals surface area contributed by atoms with Crippen LogP contribution in [0.25, 0.3) is 21.9 Å². The second-order valence-corrected chi connectivity index (χ2v) is 6.29. The molecule has 0 fully saturated rings. The van der Waals surface area contributed by atoms with Crippen molar-refractivity contribution in [1.29, 1.82) is 0 Å². The Balaban J connectivity index is 1.41. The van der Waals surface area contributed by atoms with Gasteiger partial charge in [0.2, 0.25) is 0 Å². The molecule has 0 saturated heterocycles. The molecule has 0 saturated carbocycles. The number of nitrogens with one attached hydrogen (secondary N) is 1. The number of hydrogen-bond donors (Lipinski definition) is 2. The minimum absolute atomic E-state index is 0.505. The summed E-state index contributed by atoms with van der Waals surface area (Å²) < 4.78 is 11.7. The van der Waals surface area contributed by atoms with Crippen LogP contribution in [0.15, 0.2) is 71.1 Å². The molecule has 132 valence electrons. The number of benzene rings is 3. The van der Waals surface area contributed by atoms with Gasteiger partial charge in [-0.25, -0.2) is 0 Å². The molecule has 0 aliphatic heterocycles. The van der Waals surface area contributed by atoms with Crippen LogP contribution >= 0.6 is 0 Å². The van der Waals surface area contributed by atoms with Crippen molar-refractivity contribution in [2.24, 2.45) is 0 Å². The van der Waals surface area contributed by atoms with E-state index in [9.17, 15) is 5.11 Å². The Bertz CT molecular complexity index is 1040. The molecule has 1 aromatic heterocycles. The average molecular weight is 347 g/mol. The highest BCUT2D eigenvalue weighted by Crippen LogP contribution is 2.31. The van der Waals surface area contributed by atoms with E-state index in [-0.39, 0.29) is 0 Å². The summed E-state index contributed by atoms with van der Waals surface area (Å²) in [4.78, 5) is 0. The Labute approximate surface area is 152 Å². The number of aliphatic hydroxyl groups is 1. The van der Waals surface area contributed by atoms with Crippen molar-refractivity contribution in [3.05, 3.63) is 72.3 Å². The lowest BCUT2D eigenvalue weighted by atomic mass is 10.1. The van der Waals surface area contributed by atoms with E-state index in [0.29, 0.717) is 13.2 Å². The van der Waals surface area contributed by atoms with Gasteiger partial charge in [-0.2, -0.15) is 0 Å². The molecule has 4 nitrogen and oxygen atoms in total. The molecule has 1 atom stereocenters. The Hall–Kier alpha value is -2.98. The zero-order valence-corrected chi connectivity index (χ0v) is 14.6. The monoisotopic (exact) mass is 347 g/mol. The van der Waals surface area contributed by atoms with Gasteiger partial charge in [-0.15, -0.1) is 0 Å². The predicted octanol–water partition coefficient (Wildman–Crippen LogP) is 5.13. The topological polar surface area (TPSA) is 54.6 Å². The molecule has 1 unspecified atom stereocenters. The molecule has 0 spiro atoms. The van der Waals surface area contributed by atoms with Gasteiger partial charge in [0, 0.05) is 34.6 Å². The fraction of sp³-hybridized carbons (Fsp3) is 0.182. The molecule has 0 radical (unpaired) electrons. The van der Waals surface area contributed by atoms with Gasteiger partial charge in [-0.1, -0.05) is 36.4 Å². The molecular formula is C22H21NO3. The molecule has 4 rings (SSSR count). The maximum atomic E-state index is 9.82. The number of anilines is 1. The largest absolute Gasteiger partial charge is 0.492 e. The third kappa shape index (κ3) is 3.24. The van der Waals surface area contributed by atoms with Crippen LogP contribution in [0, 0.1) is 0 Å². The standard InChI is InChI=1S/C22H21NO3/c1-15(24)17-6-2-4-8-20(17)23-12-13-25-16-10-11-19-18-7-3-5-9-21(18)26-22(19)14-16/h2-11,14-15,23-24H,12-13H2,1H3.